The standard InChI is InChI=1S/C13H16FNO4/c1-8(15-12(16)5-6-13(17)18)10-7-9(14)3-4-11(10)19-2/h3-4,7-8H,5-6H2,1-2H3,(H,15,16)(H,17,18)/t8-/m1/s1. The van der Waals surface area contributed by atoms with E-state index in [1.165, 1.54) is 25.3 Å². The first-order chi connectivity index (χ1) is 8.93. The molecule has 0 aliphatic heterocycles. The number of carboxylic acid groups (broad SMARTS) is 1. The summed E-state index contributed by atoms with van der Waals surface area (Å²) in [6.45, 7) is 1.68. The van der Waals surface area contributed by atoms with E-state index < -0.39 is 23.7 Å². The van der Waals surface area contributed by atoms with Crippen LogP contribution < -0.4 is 10.1 Å². The van der Waals surface area contributed by atoms with E-state index in [1.54, 1.807) is 6.92 Å². The van der Waals surface area contributed by atoms with Crippen molar-refractivity contribution in [3.8, 4) is 5.75 Å². The third kappa shape index (κ3) is 4.57. The zero-order chi connectivity index (χ0) is 14.4. The zero-order valence-electron chi connectivity index (χ0n) is 10.8. The minimum absolute atomic E-state index is 0.114. The molecule has 6 heteroatoms. The van der Waals surface area contributed by atoms with Gasteiger partial charge in [-0.2, -0.15) is 0 Å². The summed E-state index contributed by atoms with van der Waals surface area (Å²) in [7, 11) is 1.45. The molecular formula is C13H16FNO4. The fraction of sp³-hybridized carbons (Fsp3) is 0.385. The number of nitrogens with one attached hydrogen (secondary N) is 1. The maximum absolute atomic E-state index is 13.2. The maximum atomic E-state index is 13.2. The highest BCUT2D eigenvalue weighted by molar-refractivity contribution is 5.80. The Morgan fingerprint density at radius 3 is 2.68 bits per heavy atom. The lowest BCUT2D eigenvalue weighted by Crippen LogP contribution is -2.27. The number of carbonyl (C=O) groups excluding carboxylic acids is 1. The van der Waals surface area contributed by atoms with Crippen molar-refractivity contribution in [3.63, 3.8) is 0 Å². The normalized spacial score (nSPS) is 11.7. The predicted molar refractivity (Wildman–Crippen MR) is 66.4 cm³/mol. The molecule has 0 heterocycles. The largest absolute Gasteiger partial charge is 0.496 e. The molecular weight excluding hydrogens is 253 g/mol. The predicted octanol–water partition coefficient (Wildman–Crippen LogP) is 1.88. The van der Waals surface area contributed by atoms with Crippen LogP contribution in [0.5, 0.6) is 5.75 Å². The zero-order valence-corrected chi connectivity index (χ0v) is 10.8. The van der Waals surface area contributed by atoms with Crippen molar-refractivity contribution in [2.45, 2.75) is 25.8 Å². The lowest BCUT2D eigenvalue weighted by molar-refractivity contribution is -0.138. The van der Waals surface area contributed by atoms with Crippen LogP contribution in [0.15, 0.2) is 18.2 Å². The Labute approximate surface area is 110 Å². The molecule has 1 aromatic rings. The molecule has 2 N–H and O–H groups in total. The van der Waals surface area contributed by atoms with E-state index in [9.17, 15) is 14.0 Å². The van der Waals surface area contributed by atoms with E-state index in [0.717, 1.165) is 0 Å². The molecule has 0 saturated carbocycles. The number of rotatable bonds is 6. The highest BCUT2D eigenvalue weighted by Gasteiger charge is 2.15. The number of methoxy groups -OCH3 is 1. The molecule has 0 aromatic heterocycles. The Morgan fingerprint density at radius 1 is 1.42 bits per heavy atom. The molecule has 0 saturated heterocycles. The molecule has 1 amide bonds. The molecule has 19 heavy (non-hydrogen) atoms. The van der Waals surface area contributed by atoms with Crippen molar-refractivity contribution in [1.29, 1.82) is 0 Å². The van der Waals surface area contributed by atoms with Crippen LogP contribution in [-0.2, 0) is 9.59 Å². The van der Waals surface area contributed by atoms with Gasteiger partial charge in [-0.25, -0.2) is 4.39 Å². The van der Waals surface area contributed by atoms with Gasteiger partial charge in [-0.1, -0.05) is 0 Å². The third-order valence-corrected chi connectivity index (χ3v) is 2.60. The first-order valence-electron chi connectivity index (χ1n) is 5.78. The Kier molecular flexibility index (Phi) is 5.29. The van der Waals surface area contributed by atoms with E-state index in [4.69, 9.17) is 9.84 Å². The number of amides is 1. The molecule has 0 radical (unpaired) electrons. The highest BCUT2D eigenvalue weighted by atomic mass is 19.1. The van der Waals surface area contributed by atoms with Gasteiger partial charge in [0.15, 0.2) is 0 Å². The first-order valence-corrected chi connectivity index (χ1v) is 5.78. The number of carboxylic acids is 1. The van der Waals surface area contributed by atoms with Crippen molar-refractivity contribution in [3.05, 3.63) is 29.6 Å². The molecule has 1 rings (SSSR count). The summed E-state index contributed by atoms with van der Waals surface area (Å²) < 4.78 is 18.3. The van der Waals surface area contributed by atoms with Crippen LogP contribution >= 0.6 is 0 Å². The molecule has 0 aliphatic carbocycles. The van der Waals surface area contributed by atoms with Crippen LogP contribution in [0.25, 0.3) is 0 Å². The smallest absolute Gasteiger partial charge is 0.303 e. The molecule has 5 nitrogen and oxygen atoms in total. The van der Waals surface area contributed by atoms with Gasteiger partial charge in [-0.3, -0.25) is 9.59 Å². The fourth-order valence-corrected chi connectivity index (χ4v) is 1.66. The van der Waals surface area contributed by atoms with Gasteiger partial charge in [-0.15, -0.1) is 0 Å². The molecule has 1 aromatic carbocycles. The second-order valence-corrected chi connectivity index (χ2v) is 4.07. The summed E-state index contributed by atoms with van der Waals surface area (Å²) in [4.78, 5) is 21.9. The SMILES string of the molecule is COc1ccc(F)cc1[C@@H](C)NC(=O)CCC(=O)O. The van der Waals surface area contributed by atoms with E-state index in [1.807, 2.05) is 0 Å². The van der Waals surface area contributed by atoms with Crippen LogP contribution in [0.4, 0.5) is 4.39 Å². The summed E-state index contributed by atoms with van der Waals surface area (Å²) >= 11 is 0. The van der Waals surface area contributed by atoms with Crippen LogP contribution in [0.1, 0.15) is 31.4 Å². The quantitative estimate of drug-likeness (QED) is 0.826. The highest BCUT2D eigenvalue weighted by Crippen LogP contribution is 2.25. The van der Waals surface area contributed by atoms with E-state index in [2.05, 4.69) is 5.32 Å². The van der Waals surface area contributed by atoms with Crippen molar-refractivity contribution < 1.29 is 23.8 Å². The second-order valence-electron chi connectivity index (χ2n) is 4.07. The number of benzene rings is 1. The number of hydrogen-bond acceptors (Lipinski definition) is 3. The van der Waals surface area contributed by atoms with Gasteiger partial charge in [0.2, 0.25) is 5.91 Å². The van der Waals surface area contributed by atoms with Crippen molar-refractivity contribution in [2.24, 2.45) is 0 Å². The topological polar surface area (TPSA) is 75.6 Å². The number of hydrogen-bond donors (Lipinski definition) is 2. The monoisotopic (exact) mass is 269 g/mol. The maximum Gasteiger partial charge on any atom is 0.303 e. The van der Waals surface area contributed by atoms with Crippen LogP contribution in [-0.4, -0.2) is 24.1 Å². The molecule has 1 atom stereocenters. The summed E-state index contributed by atoms with van der Waals surface area (Å²) in [5.41, 5.74) is 0.506. The lowest BCUT2D eigenvalue weighted by atomic mass is 10.1. The fourth-order valence-electron chi connectivity index (χ4n) is 1.66. The summed E-state index contributed by atoms with van der Waals surface area (Å²) in [6.07, 6.45) is -0.351. The van der Waals surface area contributed by atoms with Crippen molar-refractivity contribution in [1.82, 2.24) is 5.32 Å². The lowest BCUT2D eigenvalue weighted by Gasteiger charge is -2.17. The van der Waals surface area contributed by atoms with E-state index in [0.29, 0.717) is 11.3 Å². The van der Waals surface area contributed by atoms with E-state index >= 15 is 0 Å². The number of aliphatic carboxylic acids is 1. The van der Waals surface area contributed by atoms with Crippen molar-refractivity contribution in [2.75, 3.05) is 7.11 Å². The Hall–Kier alpha value is -2.11. The molecule has 0 spiro atoms. The molecule has 0 bridgehead atoms. The van der Waals surface area contributed by atoms with Gasteiger partial charge in [-0.05, 0) is 25.1 Å². The van der Waals surface area contributed by atoms with Gasteiger partial charge >= 0.3 is 5.97 Å². The van der Waals surface area contributed by atoms with Gasteiger partial charge in [0.25, 0.3) is 0 Å². The van der Waals surface area contributed by atoms with Crippen molar-refractivity contribution >= 4 is 11.9 Å². The number of ether oxygens (including phenoxy) is 1. The Morgan fingerprint density at radius 2 is 2.11 bits per heavy atom. The average molecular weight is 269 g/mol. The second kappa shape index (κ2) is 6.72. The first kappa shape index (κ1) is 14.9. The third-order valence-electron chi connectivity index (χ3n) is 2.60. The Bertz CT molecular complexity index is 476. The molecule has 0 unspecified atom stereocenters. The molecule has 0 aliphatic rings. The molecule has 0 fully saturated rings. The minimum atomic E-state index is -1.04. The average Bonchev–Trinajstić information content (AvgIpc) is 2.36. The van der Waals surface area contributed by atoms with Gasteiger partial charge in [0.05, 0.1) is 19.6 Å². The number of halogens is 1. The summed E-state index contributed by atoms with van der Waals surface area (Å²) in [6, 6.07) is 3.55. The number of carbonyl (C=O) groups is 2. The van der Waals surface area contributed by atoms with Gasteiger partial charge < -0.3 is 15.2 Å². The Balaban J connectivity index is 2.72. The van der Waals surface area contributed by atoms with Crippen LogP contribution in [0, 0.1) is 5.82 Å². The van der Waals surface area contributed by atoms with Gasteiger partial charge in [0, 0.05) is 12.0 Å². The van der Waals surface area contributed by atoms with Crippen LogP contribution in [0.3, 0.4) is 0 Å². The molecule has 104 valence electrons. The van der Waals surface area contributed by atoms with E-state index in [-0.39, 0.29) is 12.8 Å². The minimum Gasteiger partial charge on any atom is -0.496 e. The summed E-state index contributed by atoms with van der Waals surface area (Å²) in [5.74, 6) is -1.40. The van der Waals surface area contributed by atoms with Gasteiger partial charge in [0.1, 0.15) is 11.6 Å². The van der Waals surface area contributed by atoms with Crippen LogP contribution in [0.2, 0.25) is 0 Å². The summed E-state index contributed by atoms with van der Waals surface area (Å²) in [5, 5.41) is 11.1.